The third-order valence-electron chi connectivity index (χ3n) is 4.05. The number of benzene rings is 1. The molecule has 1 unspecified atom stereocenters. The number of aromatic nitrogens is 1. The highest BCUT2D eigenvalue weighted by molar-refractivity contribution is 5.17. The Kier molecular flexibility index (Phi) is 8.19. The molecular formula is C21H29N2O2+. The molecule has 0 aliphatic heterocycles. The van der Waals surface area contributed by atoms with Gasteiger partial charge in [0.15, 0.2) is 0 Å². The van der Waals surface area contributed by atoms with Crippen LogP contribution < -0.4 is 4.90 Å². The van der Waals surface area contributed by atoms with E-state index in [1.54, 1.807) is 6.08 Å². The summed E-state index contributed by atoms with van der Waals surface area (Å²) in [5.74, 6) is 0. The first-order chi connectivity index (χ1) is 12.2. The maximum absolute atomic E-state index is 10.2. The molecule has 134 valence electrons. The van der Waals surface area contributed by atoms with E-state index in [2.05, 4.69) is 60.3 Å². The second kappa shape index (κ2) is 10.7. The molecule has 0 fully saturated rings. The summed E-state index contributed by atoms with van der Waals surface area (Å²) < 4.78 is 7.61. The quantitative estimate of drug-likeness (QED) is 0.455. The van der Waals surface area contributed by atoms with Crippen LogP contribution in [0.15, 0.2) is 74.0 Å². The van der Waals surface area contributed by atoms with Gasteiger partial charge in [-0.25, -0.2) is 0 Å². The largest absolute Gasteiger partial charge is 0.385 e. The van der Waals surface area contributed by atoms with Gasteiger partial charge in [0.1, 0.15) is 19.2 Å². The molecule has 0 saturated carbocycles. The zero-order chi connectivity index (χ0) is 17.9. The van der Waals surface area contributed by atoms with Crippen LogP contribution >= 0.6 is 0 Å². The molecule has 0 spiro atoms. The van der Waals surface area contributed by atoms with Crippen molar-refractivity contribution in [3.05, 3.63) is 85.2 Å². The Morgan fingerprint density at radius 3 is 2.64 bits per heavy atom. The third-order valence-corrected chi connectivity index (χ3v) is 4.05. The predicted molar refractivity (Wildman–Crippen MR) is 102 cm³/mol. The van der Waals surface area contributed by atoms with Crippen molar-refractivity contribution in [1.82, 2.24) is 4.57 Å². The van der Waals surface area contributed by atoms with E-state index in [-0.39, 0.29) is 0 Å². The first kappa shape index (κ1) is 19.2. The van der Waals surface area contributed by atoms with Crippen molar-refractivity contribution < 1.29 is 14.7 Å². The number of aliphatic hydroxyl groups is 1. The summed E-state index contributed by atoms with van der Waals surface area (Å²) in [6.45, 7) is 11.4. The van der Waals surface area contributed by atoms with Crippen LogP contribution in [0.1, 0.15) is 11.3 Å². The van der Waals surface area contributed by atoms with E-state index in [1.807, 2.05) is 12.1 Å². The second-order valence-electron chi connectivity index (χ2n) is 6.22. The van der Waals surface area contributed by atoms with Gasteiger partial charge >= 0.3 is 0 Å². The van der Waals surface area contributed by atoms with Crippen LogP contribution in [0.4, 0.5) is 0 Å². The smallest absolute Gasteiger partial charge is 0.126 e. The van der Waals surface area contributed by atoms with E-state index in [4.69, 9.17) is 4.74 Å². The summed E-state index contributed by atoms with van der Waals surface area (Å²) in [5.41, 5.74) is 2.53. The number of aliphatic hydroxyl groups excluding tert-OH is 1. The summed E-state index contributed by atoms with van der Waals surface area (Å²) in [5, 5.41) is 10.2. The van der Waals surface area contributed by atoms with E-state index in [1.165, 1.54) is 16.2 Å². The van der Waals surface area contributed by atoms with Gasteiger partial charge in [-0.05, 0) is 23.8 Å². The van der Waals surface area contributed by atoms with Crippen molar-refractivity contribution in [2.45, 2.75) is 19.2 Å². The van der Waals surface area contributed by atoms with E-state index in [0.29, 0.717) is 19.8 Å². The molecule has 4 heteroatoms. The van der Waals surface area contributed by atoms with E-state index in [0.717, 1.165) is 19.6 Å². The van der Waals surface area contributed by atoms with Gasteiger partial charge in [0.2, 0.25) is 0 Å². The van der Waals surface area contributed by atoms with Gasteiger partial charge < -0.3 is 19.3 Å². The first-order valence-electron chi connectivity index (χ1n) is 8.72. The van der Waals surface area contributed by atoms with Gasteiger partial charge in [0.25, 0.3) is 0 Å². The number of quaternary nitrogens is 1. The van der Waals surface area contributed by atoms with Crippen molar-refractivity contribution in [2.24, 2.45) is 0 Å². The minimum absolute atomic E-state index is 0.331. The fourth-order valence-electron chi connectivity index (χ4n) is 2.91. The summed E-state index contributed by atoms with van der Waals surface area (Å²) >= 11 is 0. The van der Waals surface area contributed by atoms with Gasteiger partial charge in [0.05, 0.1) is 25.5 Å². The SMILES string of the molecule is C=CCOC[C@@H](O)C[NH+](CC=C)Cc1cccn1Cc1ccccc1. The molecule has 0 bridgehead atoms. The van der Waals surface area contributed by atoms with Gasteiger partial charge in [-0.15, -0.1) is 6.58 Å². The van der Waals surface area contributed by atoms with Crippen LogP contribution in [0.2, 0.25) is 0 Å². The molecule has 2 aromatic rings. The summed E-state index contributed by atoms with van der Waals surface area (Å²) in [7, 11) is 0. The molecule has 25 heavy (non-hydrogen) atoms. The van der Waals surface area contributed by atoms with Gasteiger partial charge in [0, 0.05) is 12.7 Å². The molecular weight excluding hydrogens is 312 g/mol. The molecule has 1 heterocycles. The molecule has 1 aromatic heterocycles. The number of nitrogens with zero attached hydrogens (tertiary/aromatic N) is 1. The van der Waals surface area contributed by atoms with Crippen molar-refractivity contribution in [1.29, 1.82) is 0 Å². The maximum atomic E-state index is 10.2. The van der Waals surface area contributed by atoms with Crippen LogP contribution in [-0.4, -0.2) is 42.1 Å². The number of nitrogens with one attached hydrogen (secondary N) is 1. The first-order valence-corrected chi connectivity index (χ1v) is 8.72. The lowest BCUT2D eigenvalue weighted by atomic mass is 10.2. The number of hydrogen-bond acceptors (Lipinski definition) is 2. The number of ether oxygens (including phenoxy) is 1. The zero-order valence-corrected chi connectivity index (χ0v) is 14.8. The Balaban J connectivity index is 1.96. The molecule has 0 saturated heterocycles. The molecule has 0 amide bonds. The van der Waals surface area contributed by atoms with Crippen LogP contribution in [0.25, 0.3) is 0 Å². The average Bonchev–Trinajstić information content (AvgIpc) is 3.03. The molecule has 0 aliphatic carbocycles. The van der Waals surface area contributed by atoms with Crippen LogP contribution in [0.3, 0.4) is 0 Å². The highest BCUT2D eigenvalue weighted by atomic mass is 16.5. The maximum Gasteiger partial charge on any atom is 0.126 e. The molecule has 1 aromatic carbocycles. The average molecular weight is 341 g/mol. The fourth-order valence-corrected chi connectivity index (χ4v) is 2.91. The summed E-state index contributed by atoms with van der Waals surface area (Å²) in [6.07, 6.45) is 5.21. The van der Waals surface area contributed by atoms with Crippen molar-refractivity contribution in [3.8, 4) is 0 Å². The Morgan fingerprint density at radius 1 is 1.12 bits per heavy atom. The zero-order valence-electron chi connectivity index (χ0n) is 14.8. The van der Waals surface area contributed by atoms with E-state index in [9.17, 15) is 5.11 Å². The Labute approximate surface area is 150 Å². The molecule has 0 radical (unpaired) electrons. The molecule has 0 aliphatic rings. The Hall–Kier alpha value is -2.14. The minimum Gasteiger partial charge on any atom is -0.385 e. The number of hydrogen-bond donors (Lipinski definition) is 2. The normalized spacial score (nSPS) is 13.3. The fraction of sp³-hybridized carbons (Fsp3) is 0.333. The van der Waals surface area contributed by atoms with Crippen LogP contribution in [0, 0.1) is 0 Å². The van der Waals surface area contributed by atoms with Gasteiger partial charge in [-0.1, -0.05) is 43.0 Å². The van der Waals surface area contributed by atoms with E-state index >= 15 is 0 Å². The molecule has 2 N–H and O–H groups in total. The lowest BCUT2D eigenvalue weighted by molar-refractivity contribution is -0.911. The monoisotopic (exact) mass is 341 g/mol. The highest BCUT2D eigenvalue weighted by Crippen LogP contribution is 2.07. The second-order valence-corrected chi connectivity index (χ2v) is 6.22. The summed E-state index contributed by atoms with van der Waals surface area (Å²) in [6, 6.07) is 14.7. The molecule has 2 rings (SSSR count). The lowest BCUT2D eigenvalue weighted by Gasteiger charge is -2.22. The van der Waals surface area contributed by atoms with Crippen molar-refractivity contribution >= 4 is 0 Å². The van der Waals surface area contributed by atoms with Crippen LogP contribution in [0.5, 0.6) is 0 Å². The predicted octanol–water partition coefficient (Wildman–Crippen LogP) is 1.67. The van der Waals surface area contributed by atoms with Crippen molar-refractivity contribution in [3.63, 3.8) is 0 Å². The lowest BCUT2D eigenvalue weighted by Crippen LogP contribution is -3.11. The molecule has 4 nitrogen and oxygen atoms in total. The Morgan fingerprint density at radius 2 is 1.92 bits per heavy atom. The third kappa shape index (κ3) is 6.70. The van der Waals surface area contributed by atoms with Gasteiger partial charge in [-0.2, -0.15) is 0 Å². The Bertz CT molecular complexity index is 636. The highest BCUT2D eigenvalue weighted by Gasteiger charge is 2.16. The van der Waals surface area contributed by atoms with Crippen molar-refractivity contribution in [2.75, 3.05) is 26.3 Å². The minimum atomic E-state index is -0.493. The summed E-state index contributed by atoms with van der Waals surface area (Å²) in [4.78, 5) is 1.26. The van der Waals surface area contributed by atoms with Gasteiger partial charge in [-0.3, -0.25) is 0 Å². The standard InChI is InChI=1S/C21H28N2O2/c1-3-12-22(17-21(24)18-25-14-4-2)16-20-11-8-13-23(20)15-19-9-6-5-7-10-19/h3-11,13,21,24H,1-2,12,14-18H2/p+1/t21-/m0/s1. The topological polar surface area (TPSA) is 38.8 Å². The number of rotatable bonds is 12. The van der Waals surface area contributed by atoms with Crippen LogP contribution in [-0.2, 0) is 17.8 Å². The van der Waals surface area contributed by atoms with E-state index < -0.39 is 6.10 Å². The molecule has 2 atom stereocenters.